The van der Waals surface area contributed by atoms with Gasteiger partial charge in [0.1, 0.15) is 0 Å². The van der Waals surface area contributed by atoms with Crippen LogP contribution in [0.5, 0.6) is 0 Å². The third-order valence-electron chi connectivity index (χ3n) is 7.20. The minimum absolute atomic E-state index is 1.01. The molecule has 0 saturated heterocycles. The van der Waals surface area contributed by atoms with Crippen molar-refractivity contribution in [2.45, 2.75) is 6.42 Å². The molecule has 1 nitrogen and oxygen atoms in total. The van der Waals surface area contributed by atoms with Crippen LogP contribution in [0.3, 0.4) is 0 Å². The van der Waals surface area contributed by atoms with Crippen molar-refractivity contribution in [2.24, 2.45) is 0 Å². The fraction of sp³-hybridized carbons (Fsp3) is 0.0323. The van der Waals surface area contributed by atoms with Crippen molar-refractivity contribution < 1.29 is 0 Å². The molecule has 1 aliphatic rings. The van der Waals surface area contributed by atoms with Crippen molar-refractivity contribution in [3.8, 4) is 16.8 Å². The van der Waals surface area contributed by atoms with E-state index in [1.807, 2.05) is 11.3 Å². The number of aromatic nitrogens is 1. The van der Waals surface area contributed by atoms with E-state index in [-0.39, 0.29) is 0 Å². The number of para-hydroxylation sites is 2. The predicted molar refractivity (Wildman–Crippen MR) is 142 cm³/mol. The molecular weight excluding hydrogens is 418 g/mol. The molecule has 0 N–H and O–H groups in total. The average Bonchev–Trinajstić information content (AvgIpc) is 3.53. The second kappa shape index (κ2) is 6.34. The first-order chi connectivity index (χ1) is 16.4. The zero-order valence-electron chi connectivity index (χ0n) is 17.9. The van der Waals surface area contributed by atoms with Crippen LogP contribution in [0.4, 0.5) is 0 Å². The first-order valence-corrected chi connectivity index (χ1v) is 12.2. The lowest BCUT2D eigenvalue weighted by Crippen LogP contribution is -1.93. The molecule has 1 aliphatic carbocycles. The largest absolute Gasteiger partial charge is 0.309 e. The highest BCUT2D eigenvalue weighted by molar-refractivity contribution is 7.26. The molecule has 7 aromatic rings. The molecule has 0 unspecified atom stereocenters. The summed E-state index contributed by atoms with van der Waals surface area (Å²) in [5, 5.41) is 5.47. The zero-order chi connectivity index (χ0) is 21.5. The molecule has 0 bridgehead atoms. The number of fused-ring (bicyclic) bond motifs is 11. The van der Waals surface area contributed by atoms with Crippen LogP contribution in [0.25, 0.3) is 58.8 Å². The molecule has 154 valence electrons. The molecule has 0 spiro atoms. The van der Waals surface area contributed by atoms with Crippen molar-refractivity contribution in [1.29, 1.82) is 0 Å². The fourth-order valence-corrected chi connectivity index (χ4v) is 7.13. The maximum Gasteiger partial charge on any atom is 0.0547 e. The van der Waals surface area contributed by atoms with E-state index in [4.69, 9.17) is 0 Å². The van der Waals surface area contributed by atoms with Crippen molar-refractivity contribution in [3.05, 3.63) is 114 Å². The number of benzene rings is 5. The second-order valence-corrected chi connectivity index (χ2v) is 9.99. The van der Waals surface area contributed by atoms with Crippen LogP contribution in [0.1, 0.15) is 11.1 Å². The van der Waals surface area contributed by atoms with Gasteiger partial charge in [-0.3, -0.25) is 0 Å². The molecule has 0 amide bonds. The number of nitrogens with zero attached hydrogens (tertiary/aromatic N) is 1. The molecule has 2 aromatic heterocycles. The summed E-state index contributed by atoms with van der Waals surface area (Å²) in [6, 6.07) is 37.8. The van der Waals surface area contributed by atoms with Gasteiger partial charge in [-0.1, -0.05) is 72.8 Å². The van der Waals surface area contributed by atoms with Crippen LogP contribution in [0, 0.1) is 0 Å². The van der Waals surface area contributed by atoms with E-state index in [1.165, 1.54) is 69.9 Å². The monoisotopic (exact) mass is 437 g/mol. The molecule has 0 aliphatic heterocycles. The summed E-state index contributed by atoms with van der Waals surface area (Å²) < 4.78 is 5.22. The summed E-state index contributed by atoms with van der Waals surface area (Å²) >= 11 is 1.94. The third-order valence-corrected chi connectivity index (χ3v) is 8.41. The van der Waals surface area contributed by atoms with E-state index in [9.17, 15) is 0 Å². The van der Waals surface area contributed by atoms with Crippen molar-refractivity contribution >= 4 is 53.3 Å². The highest BCUT2D eigenvalue weighted by Crippen LogP contribution is 2.51. The van der Waals surface area contributed by atoms with Gasteiger partial charge in [-0.2, -0.15) is 0 Å². The summed E-state index contributed by atoms with van der Waals surface area (Å²) in [5.74, 6) is 0. The Bertz CT molecular complexity index is 1890. The molecule has 0 fully saturated rings. The van der Waals surface area contributed by atoms with Crippen LogP contribution >= 0.6 is 11.3 Å². The maximum absolute atomic E-state index is 2.42. The van der Waals surface area contributed by atoms with Crippen molar-refractivity contribution in [3.63, 3.8) is 0 Å². The number of thiophene rings is 1. The van der Waals surface area contributed by atoms with Gasteiger partial charge in [-0.05, 0) is 53.4 Å². The highest BCUT2D eigenvalue weighted by Gasteiger charge is 2.27. The van der Waals surface area contributed by atoms with E-state index in [0.29, 0.717) is 0 Å². The third kappa shape index (κ3) is 2.26. The lowest BCUT2D eigenvalue weighted by molar-refractivity contribution is 1.18. The Hall–Kier alpha value is -3.88. The summed E-state index contributed by atoms with van der Waals surface area (Å²) in [6.45, 7) is 0. The predicted octanol–water partition coefficient (Wildman–Crippen LogP) is 8.72. The fourth-order valence-electron chi connectivity index (χ4n) is 5.85. The van der Waals surface area contributed by atoms with E-state index in [2.05, 4.69) is 108 Å². The Morgan fingerprint density at radius 2 is 1.27 bits per heavy atom. The molecule has 0 saturated carbocycles. The second-order valence-electron chi connectivity index (χ2n) is 8.93. The van der Waals surface area contributed by atoms with Gasteiger partial charge in [0.25, 0.3) is 0 Å². The molecule has 8 rings (SSSR count). The average molecular weight is 438 g/mol. The molecule has 5 aromatic carbocycles. The lowest BCUT2D eigenvalue weighted by Gasteiger charge is -2.09. The van der Waals surface area contributed by atoms with Gasteiger partial charge in [-0.25, -0.2) is 0 Å². The van der Waals surface area contributed by atoms with Gasteiger partial charge in [0.2, 0.25) is 0 Å². The van der Waals surface area contributed by atoms with Crippen LogP contribution in [-0.4, -0.2) is 4.57 Å². The lowest BCUT2D eigenvalue weighted by atomic mass is 9.98. The number of rotatable bonds is 1. The van der Waals surface area contributed by atoms with Crippen LogP contribution in [-0.2, 0) is 6.42 Å². The number of hydrogen-bond donors (Lipinski definition) is 0. The molecule has 2 heteroatoms. The Kier molecular flexibility index (Phi) is 3.39. The standard InChI is InChI=1S/C31H19NS/c1-2-8-21(9-3-1)32-25-12-6-4-11-24(25)30-26(32)17-15-19-18-20-14-16-23-22-10-5-7-13-27(22)33-31(23)29(20)28(19)30/h1-17H,18H2. The molecular formula is C31H19NS. The highest BCUT2D eigenvalue weighted by atomic mass is 32.1. The number of hydrogen-bond acceptors (Lipinski definition) is 1. The summed E-state index contributed by atoms with van der Waals surface area (Å²) in [6.07, 6.45) is 1.01. The van der Waals surface area contributed by atoms with Gasteiger partial charge in [-0.15, -0.1) is 11.3 Å². The van der Waals surface area contributed by atoms with E-state index < -0.39 is 0 Å². The Morgan fingerprint density at radius 3 is 2.18 bits per heavy atom. The normalized spacial score (nSPS) is 12.7. The van der Waals surface area contributed by atoms with E-state index in [0.717, 1.165) is 6.42 Å². The molecule has 33 heavy (non-hydrogen) atoms. The summed E-state index contributed by atoms with van der Waals surface area (Å²) in [4.78, 5) is 0. The van der Waals surface area contributed by atoms with Gasteiger partial charge in [0.15, 0.2) is 0 Å². The Labute approximate surface area is 195 Å². The molecule has 0 radical (unpaired) electrons. The summed E-state index contributed by atoms with van der Waals surface area (Å²) in [5.41, 5.74) is 9.54. The SMILES string of the molecule is c1ccc(-n2c3ccccc3c3c4c(ccc32)Cc2ccc3c(sc5ccccc53)c2-4)cc1. The quantitative estimate of drug-likeness (QED) is 0.242. The molecule has 2 heterocycles. The first-order valence-electron chi connectivity index (χ1n) is 11.4. The summed E-state index contributed by atoms with van der Waals surface area (Å²) in [7, 11) is 0. The van der Waals surface area contributed by atoms with Gasteiger partial charge in [0.05, 0.1) is 11.0 Å². The van der Waals surface area contributed by atoms with Crippen LogP contribution in [0.15, 0.2) is 103 Å². The van der Waals surface area contributed by atoms with E-state index >= 15 is 0 Å². The Balaban J connectivity index is 1.57. The first kappa shape index (κ1) is 17.6. The van der Waals surface area contributed by atoms with Gasteiger partial charge in [0, 0.05) is 42.2 Å². The van der Waals surface area contributed by atoms with Crippen LogP contribution < -0.4 is 0 Å². The van der Waals surface area contributed by atoms with E-state index in [1.54, 1.807) is 0 Å². The smallest absolute Gasteiger partial charge is 0.0547 e. The van der Waals surface area contributed by atoms with Crippen LogP contribution in [0.2, 0.25) is 0 Å². The minimum atomic E-state index is 1.01. The van der Waals surface area contributed by atoms with Crippen molar-refractivity contribution in [1.82, 2.24) is 4.57 Å². The Morgan fingerprint density at radius 1 is 0.545 bits per heavy atom. The zero-order valence-corrected chi connectivity index (χ0v) is 18.7. The van der Waals surface area contributed by atoms with Crippen molar-refractivity contribution in [2.75, 3.05) is 0 Å². The van der Waals surface area contributed by atoms with Gasteiger partial charge >= 0.3 is 0 Å². The minimum Gasteiger partial charge on any atom is -0.309 e. The maximum atomic E-state index is 2.42. The molecule has 0 atom stereocenters. The topological polar surface area (TPSA) is 4.93 Å². The van der Waals surface area contributed by atoms with Gasteiger partial charge < -0.3 is 4.57 Å².